The lowest BCUT2D eigenvalue weighted by atomic mass is 10.1. The number of sulfonamides is 1. The van der Waals surface area contributed by atoms with Crippen LogP contribution in [0.1, 0.15) is 11.1 Å². The first-order valence-corrected chi connectivity index (χ1v) is 10.8. The number of fused-ring (bicyclic) bond motifs is 2. The number of primary sulfonamides is 1. The number of nitrogens with two attached hydrogens (primary N) is 2. The van der Waals surface area contributed by atoms with E-state index in [2.05, 4.69) is 21.0 Å². The lowest BCUT2D eigenvalue weighted by Crippen LogP contribution is -2.20. The Morgan fingerprint density at radius 1 is 1.33 bits per heavy atom. The number of imidazole rings is 1. The molecule has 0 atom stereocenters. The highest BCUT2D eigenvalue weighted by Crippen LogP contribution is 2.37. The third-order valence-electron chi connectivity index (χ3n) is 4.31. The zero-order valence-electron chi connectivity index (χ0n) is 14.5. The highest BCUT2D eigenvalue weighted by Gasteiger charge is 2.20. The fourth-order valence-corrected chi connectivity index (χ4v) is 4.41. The first-order chi connectivity index (χ1) is 12.8. The molecule has 27 heavy (non-hydrogen) atoms. The molecule has 11 heteroatoms. The summed E-state index contributed by atoms with van der Waals surface area (Å²) in [5.41, 5.74) is 9.11. The number of rotatable bonds is 5. The van der Waals surface area contributed by atoms with Gasteiger partial charge in [0.1, 0.15) is 12.1 Å². The van der Waals surface area contributed by atoms with Gasteiger partial charge in [-0.05, 0) is 24.1 Å². The molecule has 142 valence electrons. The number of hydrogen-bond acceptors (Lipinski definition) is 8. The number of ether oxygens (including phenoxy) is 1. The zero-order chi connectivity index (χ0) is 19.2. The Morgan fingerprint density at radius 2 is 2.15 bits per heavy atom. The van der Waals surface area contributed by atoms with Gasteiger partial charge in [0.2, 0.25) is 10.0 Å². The highest BCUT2D eigenvalue weighted by atomic mass is 32.2. The summed E-state index contributed by atoms with van der Waals surface area (Å²) >= 11 is 1.40. The fourth-order valence-electron chi connectivity index (χ4n) is 2.97. The molecule has 0 radical (unpaired) electrons. The van der Waals surface area contributed by atoms with Gasteiger partial charge in [0.05, 0.1) is 12.4 Å². The second-order valence-electron chi connectivity index (χ2n) is 6.27. The first-order valence-electron chi connectivity index (χ1n) is 8.23. The van der Waals surface area contributed by atoms with Gasteiger partial charge in [0, 0.05) is 17.9 Å². The van der Waals surface area contributed by atoms with Crippen LogP contribution in [-0.2, 0) is 23.0 Å². The number of nitrogen functional groups attached to an aromatic ring is 1. The molecule has 4 rings (SSSR count). The van der Waals surface area contributed by atoms with Crippen LogP contribution in [0.2, 0.25) is 0 Å². The Kier molecular flexibility index (Phi) is 4.44. The lowest BCUT2D eigenvalue weighted by molar-refractivity contribution is 0.356. The standard InChI is InChI=1S/C16H18N6O3S2/c1-9-6-10-2-4-25-11(10)7-12(9)26-16-21-13-14(17)19-8-20-15(13)22(16)3-5-27(18,23)24/h6-8H,2-5H2,1H3,(H2,17,19,20)(H2,18,23,24). The van der Waals surface area contributed by atoms with Gasteiger partial charge in [0.25, 0.3) is 0 Å². The minimum Gasteiger partial charge on any atom is -0.493 e. The average Bonchev–Trinajstić information content (AvgIpc) is 3.17. The second-order valence-corrected chi connectivity index (χ2v) is 9.01. The molecule has 9 nitrogen and oxygen atoms in total. The van der Waals surface area contributed by atoms with Crippen LogP contribution in [0.3, 0.4) is 0 Å². The van der Waals surface area contributed by atoms with Crippen molar-refractivity contribution in [3.8, 4) is 5.75 Å². The second kappa shape index (κ2) is 6.66. The molecule has 0 unspecified atom stereocenters. The van der Waals surface area contributed by atoms with Crippen LogP contribution in [0.25, 0.3) is 11.2 Å². The van der Waals surface area contributed by atoms with Crippen molar-refractivity contribution in [2.24, 2.45) is 5.14 Å². The molecule has 0 fully saturated rings. The van der Waals surface area contributed by atoms with Crippen molar-refractivity contribution in [2.45, 2.75) is 29.9 Å². The van der Waals surface area contributed by atoms with Crippen molar-refractivity contribution in [3.63, 3.8) is 0 Å². The summed E-state index contributed by atoms with van der Waals surface area (Å²) in [4.78, 5) is 13.7. The van der Waals surface area contributed by atoms with Gasteiger partial charge in [-0.15, -0.1) is 0 Å². The molecule has 3 heterocycles. The van der Waals surface area contributed by atoms with Gasteiger partial charge in [-0.2, -0.15) is 0 Å². The molecule has 3 aromatic rings. The number of anilines is 1. The topological polar surface area (TPSA) is 139 Å². The molecule has 0 aliphatic carbocycles. The maximum atomic E-state index is 11.4. The molecule has 1 aliphatic heterocycles. The van der Waals surface area contributed by atoms with Crippen LogP contribution < -0.4 is 15.6 Å². The van der Waals surface area contributed by atoms with E-state index in [1.165, 1.54) is 23.7 Å². The van der Waals surface area contributed by atoms with E-state index < -0.39 is 10.0 Å². The van der Waals surface area contributed by atoms with E-state index in [0.717, 1.165) is 22.6 Å². The smallest absolute Gasteiger partial charge is 0.210 e. The van der Waals surface area contributed by atoms with E-state index >= 15 is 0 Å². The summed E-state index contributed by atoms with van der Waals surface area (Å²) in [5.74, 6) is 0.877. The van der Waals surface area contributed by atoms with Gasteiger partial charge in [-0.3, -0.25) is 0 Å². The molecule has 0 spiro atoms. The number of nitrogens with zero attached hydrogens (tertiary/aromatic N) is 4. The number of aryl methyl sites for hydroxylation is 2. The summed E-state index contributed by atoms with van der Waals surface area (Å²) in [6.45, 7) is 2.82. The van der Waals surface area contributed by atoms with E-state index in [4.69, 9.17) is 15.6 Å². The summed E-state index contributed by atoms with van der Waals surface area (Å²) in [6.07, 6.45) is 2.23. The van der Waals surface area contributed by atoms with Gasteiger partial charge < -0.3 is 15.0 Å². The minimum absolute atomic E-state index is 0.120. The maximum absolute atomic E-state index is 11.4. The Bertz CT molecular complexity index is 1140. The van der Waals surface area contributed by atoms with E-state index in [0.29, 0.717) is 22.9 Å². The van der Waals surface area contributed by atoms with Crippen LogP contribution in [0, 0.1) is 6.92 Å². The van der Waals surface area contributed by atoms with Crippen LogP contribution in [0.5, 0.6) is 5.75 Å². The normalized spacial score (nSPS) is 13.7. The van der Waals surface area contributed by atoms with Gasteiger partial charge in [-0.25, -0.2) is 28.5 Å². The van der Waals surface area contributed by atoms with Gasteiger partial charge >= 0.3 is 0 Å². The predicted octanol–water partition coefficient (Wildman–Crippen LogP) is 1.09. The summed E-state index contributed by atoms with van der Waals surface area (Å²) in [6, 6.07) is 4.09. The Morgan fingerprint density at radius 3 is 2.93 bits per heavy atom. The number of aromatic nitrogens is 4. The van der Waals surface area contributed by atoms with Gasteiger partial charge in [0.15, 0.2) is 22.1 Å². The molecule has 0 bridgehead atoms. The third kappa shape index (κ3) is 3.57. The molecule has 2 aromatic heterocycles. The first kappa shape index (κ1) is 18.0. The summed E-state index contributed by atoms with van der Waals surface area (Å²) in [5, 5.41) is 5.74. The zero-order valence-corrected chi connectivity index (χ0v) is 16.2. The lowest BCUT2D eigenvalue weighted by Gasteiger charge is -2.10. The molecule has 4 N–H and O–H groups in total. The van der Waals surface area contributed by atoms with Crippen LogP contribution in [-0.4, -0.2) is 40.3 Å². The quantitative estimate of drug-likeness (QED) is 0.642. The average molecular weight is 406 g/mol. The Labute approximate surface area is 160 Å². The van der Waals surface area contributed by atoms with E-state index in [-0.39, 0.29) is 18.1 Å². The predicted molar refractivity (Wildman–Crippen MR) is 102 cm³/mol. The third-order valence-corrected chi connectivity index (χ3v) is 6.22. The van der Waals surface area contributed by atoms with Crippen LogP contribution in [0.15, 0.2) is 28.5 Å². The Balaban J connectivity index is 1.78. The highest BCUT2D eigenvalue weighted by molar-refractivity contribution is 7.99. The fraction of sp³-hybridized carbons (Fsp3) is 0.312. The maximum Gasteiger partial charge on any atom is 0.210 e. The number of benzene rings is 1. The van der Waals surface area contributed by atoms with Crippen molar-refractivity contribution in [1.82, 2.24) is 19.5 Å². The van der Waals surface area contributed by atoms with Crippen molar-refractivity contribution >= 4 is 38.8 Å². The monoisotopic (exact) mass is 406 g/mol. The molecule has 1 aromatic carbocycles. The van der Waals surface area contributed by atoms with Crippen molar-refractivity contribution in [1.29, 1.82) is 0 Å². The van der Waals surface area contributed by atoms with Crippen LogP contribution >= 0.6 is 11.8 Å². The van der Waals surface area contributed by atoms with E-state index in [9.17, 15) is 8.42 Å². The largest absolute Gasteiger partial charge is 0.493 e. The molecule has 1 aliphatic rings. The molecule has 0 saturated carbocycles. The molecular weight excluding hydrogens is 388 g/mol. The number of hydrogen-bond donors (Lipinski definition) is 2. The Hall–Kier alpha value is -2.37. The molecule has 0 saturated heterocycles. The summed E-state index contributed by atoms with van der Waals surface area (Å²) in [7, 11) is -3.64. The molecular formula is C16H18N6O3S2. The van der Waals surface area contributed by atoms with Gasteiger partial charge in [-0.1, -0.05) is 17.8 Å². The van der Waals surface area contributed by atoms with Crippen LogP contribution in [0.4, 0.5) is 5.82 Å². The van der Waals surface area contributed by atoms with Crippen molar-refractivity contribution in [2.75, 3.05) is 18.1 Å². The minimum atomic E-state index is -3.64. The van der Waals surface area contributed by atoms with Crippen molar-refractivity contribution < 1.29 is 13.2 Å². The SMILES string of the molecule is Cc1cc2c(cc1Sc1nc3c(N)ncnc3n1CCS(N)(=O)=O)OCC2. The molecule has 0 amide bonds. The van der Waals surface area contributed by atoms with E-state index in [1.807, 2.05) is 13.0 Å². The van der Waals surface area contributed by atoms with Crippen molar-refractivity contribution in [3.05, 3.63) is 29.6 Å². The van der Waals surface area contributed by atoms with E-state index in [1.54, 1.807) is 4.57 Å². The summed E-state index contributed by atoms with van der Waals surface area (Å²) < 4.78 is 30.2.